The van der Waals surface area contributed by atoms with Crippen LogP contribution >= 0.6 is 0 Å². The van der Waals surface area contributed by atoms with E-state index < -0.39 is 30.7 Å². The van der Waals surface area contributed by atoms with E-state index in [1.54, 1.807) is 0 Å². The highest BCUT2D eigenvalue weighted by Crippen LogP contribution is 2.36. The zero-order valence-electron chi connectivity index (χ0n) is 6.85. The Balaban J connectivity index is 3.00. The molecule has 0 saturated carbocycles. The van der Waals surface area contributed by atoms with Crippen molar-refractivity contribution in [2.75, 3.05) is 6.61 Å². The number of allylic oxidation sites excluding steroid dienone is 3. The topological polar surface area (TPSA) is 20.2 Å². The van der Waals surface area contributed by atoms with Crippen molar-refractivity contribution < 1.29 is 27.1 Å². The molecule has 1 N–H and O–H groups in total. The lowest BCUT2D eigenvalue weighted by molar-refractivity contribution is -0.104. The lowest BCUT2D eigenvalue weighted by Crippen LogP contribution is -2.32. The van der Waals surface area contributed by atoms with E-state index in [0.717, 1.165) is 6.08 Å². The summed E-state index contributed by atoms with van der Waals surface area (Å²) in [4.78, 5) is 0. The Bertz CT molecular complexity index is 278. The molecular weight excluding hydrogens is 207 g/mol. The highest BCUT2D eigenvalue weighted by molar-refractivity contribution is 5.34. The maximum absolute atomic E-state index is 12.9. The summed E-state index contributed by atoms with van der Waals surface area (Å²) in [5.41, 5.74) is -1.94. The fraction of sp³-hybridized carbons (Fsp3) is 0.500. The third kappa shape index (κ3) is 1.95. The van der Waals surface area contributed by atoms with Gasteiger partial charge < -0.3 is 5.11 Å². The number of aliphatic hydroxyl groups is 1. The first-order valence-electron chi connectivity index (χ1n) is 3.74. The zero-order valence-corrected chi connectivity index (χ0v) is 6.85. The van der Waals surface area contributed by atoms with Crippen molar-refractivity contribution >= 4 is 0 Å². The molecule has 0 bridgehead atoms. The number of hydrogen-bond donors (Lipinski definition) is 1. The third-order valence-corrected chi connectivity index (χ3v) is 1.90. The molecule has 1 rings (SSSR count). The number of aliphatic hydroxyl groups excluding tert-OH is 1. The van der Waals surface area contributed by atoms with Crippen molar-refractivity contribution in [3.63, 3.8) is 0 Å². The van der Waals surface area contributed by atoms with Crippen molar-refractivity contribution in [1.82, 2.24) is 0 Å². The SMILES string of the molecule is OCC1=CC=C(C(F)(F)F)C(F)C1F. The van der Waals surface area contributed by atoms with E-state index in [9.17, 15) is 22.0 Å². The first kappa shape index (κ1) is 11.2. The molecule has 0 fully saturated rings. The summed E-state index contributed by atoms with van der Waals surface area (Å²) in [6.45, 7) is -0.788. The van der Waals surface area contributed by atoms with Gasteiger partial charge in [0.1, 0.15) is 0 Å². The molecule has 0 aromatic heterocycles. The van der Waals surface area contributed by atoms with Crippen molar-refractivity contribution in [2.24, 2.45) is 0 Å². The molecule has 0 heterocycles. The van der Waals surface area contributed by atoms with Crippen molar-refractivity contribution in [2.45, 2.75) is 18.5 Å². The molecule has 0 aromatic rings. The predicted octanol–water partition coefficient (Wildman–Crippen LogP) is 2.08. The Kier molecular flexibility index (Phi) is 2.94. The van der Waals surface area contributed by atoms with E-state index in [-0.39, 0.29) is 5.57 Å². The number of hydrogen-bond acceptors (Lipinski definition) is 1. The molecule has 6 heteroatoms. The average molecular weight is 214 g/mol. The Hall–Kier alpha value is -0.910. The van der Waals surface area contributed by atoms with Gasteiger partial charge in [-0.05, 0) is 5.57 Å². The molecule has 2 atom stereocenters. The smallest absolute Gasteiger partial charge is 0.392 e. The third-order valence-electron chi connectivity index (χ3n) is 1.90. The minimum atomic E-state index is -4.87. The molecule has 1 nitrogen and oxygen atoms in total. The fourth-order valence-electron chi connectivity index (χ4n) is 1.12. The van der Waals surface area contributed by atoms with Crippen LogP contribution in [0.2, 0.25) is 0 Å². The molecule has 14 heavy (non-hydrogen) atoms. The van der Waals surface area contributed by atoms with Crippen LogP contribution in [0, 0.1) is 0 Å². The average Bonchev–Trinajstić information content (AvgIpc) is 2.07. The van der Waals surface area contributed by atoms with Gasteiger partial charge in [-0.15, -0.1) is 0 Å². The molecule has 0 spiro atoms. The van der Waals surface area contributed by atoms with E-state index in [4.69, 9.17) is 5.11 Å². The van der Waals surface area contributed by atoms with Gasteiger partial charge in [0.25, 0.3) is 0 Å². The van der Waals surface area contributed by atoms with Gasteiger partial charge in [0, 0.05) is 0 Å². The molecule has 0 radical (unpaired) electrons. The van der Waals surface area contributed by atoms with E-state index in [1.165, 1.54) is 0 Å². The second-order valence-corrected chi connectivity index (χ2v) is 2.82. The summed E-state index contributed by atoms with van der Waals surface area (Å²) in [7, 11) is 0. The van der Waals surface area contributed by atoms with Crippen molar-refractivity contribution in [3.8, 4) is 0 Å². The molecular formula is C8H7F5O. The summed E-state index contributed by atoms with van der Waals surface area (Å²) in [5, 5.41) is 8.48. The van der Waals surface area contributed by atoms with Gasteiger partial charge in [0.15, 0.2) is 12.3 Å². The van der Waals surface area contributed by atoms with Crippen LogP contribution in [-0.4, -0.2) is 30.2 Å². The molecule has 0 aliphatic heterocycles. The molecule has 0 aromatic carbocycles. The molecule has 0 amide bonds. The summed E-state index contributed by atoms with van der Waals surface area (Å²) >= 11 is 0. The van der Waals surface area contributed by atoms with Gasteiger partial charge in [-0.25, -0.2) is 8.78 Å². The molecule has 1 aliphatic carbocycles. The molecule has 80 valence electrons. The predicted molar refractivity (Wildman–Crippen MR) is 39.1 cm³/mol. The van der Waals surface area contributed by atoms with Gasteiger partial charge in [-0.2, -0.15) is 13.2 Å². The van der Waals surface area contributed by atoms with Crippen LogP contribution in [0.25, 0.3) is 0 Å². The minimum Gasteiger partial charge on any atom is -0.392 e. The summed E-state index contributed by atoms with van der Waals surface area (Å²) in [5.74, 6) is 0. The quantitative estimate of drug-likeness (QED) is 0.662. The minimum absolute atomic E-state index is 0.384. The van der Waals surface area contributed by atoms with Crippen molar-refractivity contribution in [1.29, 1.82) is 0 Å². The summed E-state index contributed by atoms with van der Waals surface area (Å²) in [6.07, 6.45) is -8.83. The van der Waals surface area contributed by atoms with Gasteiger partial charge in [0.2, 0.25) is 0 Å². The zero-order chi connectivity index (χ0) is 10.9. The van der Waals surface area contributed by atoms with Crippen LogP contribution in [0.5, 0.6) is 0 Å². The highest BCUT2D eigenvalue weighted by atomic mass is 19.4. The molecule has 0 saturated heterocycles. The Morgan fingerprint density at radius 1 is 1.14 bits per heavy atom. The lowest BCUT2D eigenvalue weighted by Gasteiger charge is -2.23. The van der Waals surface area contributed by atoms with E-state index >= 15 is 0 Å². The number of rotatable bonds is 1. The maximum Gasteiger partial charge on any atom is 0.415 e. The van der Waals surface area contributed by atoms with Gasteiger partial charge in [-0.3, -0.25) is 0 Å². The van der Waals surface area contributed by atoms with E-state index in [1.807, 2.05) is 0 Å². The highest BCUT2D eigenvalue weighted by Gasteiger charge is 2.44. The van der Waals surface area contributed by atoms with Crippen LogP contribution in [0.1, 0.15) is 0 Å². The number of halogens is 5. The van der Waals surface area contributed by atoms with Crippen LogP contribution < -0.4 is 0 Å². The van der Waals surface area contributed by atoms with Gasteiger partial charge in [0.05, 0.1) is 12.2 Å². The molecule has 1 aliphatic rings. The van der Waals surface area contributed by atoms with Crippen LogP contribution in [0.4, 0.5) is 22.0 Å². The lowest BCUT2D eigenvalue weighted by atomic mass is 9.95. The number of alkyl halides is 5. The molecule has 2 unspecified atom stereocenters. The first-order valence-corrected chi connectivity index (χ1v) is 3.74. The Labute approximate surface area is 76.5 Å². The second kappa shape index (κ2) is 3.68. The van der Waals surface area contributed by atoms with Crippen LogP contribution in [0.15, 0.2) is 23.3 Å². The Morgan fingerprint density at radius 3 is 2.14 bits per heavy atom. The summed E-state index contributed by atoms with van der Waals surface area (Å²) < 4.78 is 61.8. The van der Waals surface area contributed by atoms with Crippen LogP contribution in [0.3, 0.4) is 0 Å². The maximum atomic E-state index is 12.9. The fourth-order valence-corrected chi connectivity index (χ4v) is 1.12. The van der Waals surface area contributed by atoms with Crippen LogP contribution in [-0.2, 0) is 0 Å². The Morgan fingerprint density at radius 2 is 1.71 bits per heavy atom. The normalized spacial score (nSPS) is 28.4. The van der Waals surface area contributed by atoms with Crippen molar-refractivity contribution in [3.05, 3.63) is 23.3 Å². The largest absolute Gasteiger partial charge is 0.415 e. The van der Waals surface area contributed by atoms with Gasteiger partial charge >= 0.3 is 6.18 Å². The van der Waals surface area contributed by atoms with Gasteiger partial charge in [-0.1, -0.05) is 12.2 Å². The monoisotopic (exact) mass is 214 g/mol. The first-order chi connectivity index (χ1) is 6.38. The second-order valence-electron chi connectivity index (χ2n) is 2.82. The van der Waals surface area contributed by atoms with E-state index in [2.05, 4.69) is 0 Å². The standard InChI is InChI=1S/C8H7F5O/c9-6-4(3-14)1-2-5(7(6)10)8(11,12)13/h1-2,6-7,14H,3H2. The summed E-state index contributed by atoms with van der Waals surface area (Å²) in [6, 6.07) is 0. The van der Waals surface area contributed by atoms with E-state index in [0.29, 0.717) is 6.08 Å².